The number of hydrogen-bond acceptors (Lipinski definition) is 4. The number of allylic oxidation sites excluding steroid dienone is 1. The number of ether oxygens (including phenoxy) is 1. The van der Waals surface area contributed by atoms with Crippen LogP contribution in [-0.4, -0.2) is 42.3 Å². The third-order valence-electron chi connectivity index (χ3n) is 8.24. The van der Waals surface area contributed by atoms with Crippen molar-refractivity contribution in [1.82, 2.24) is 10.2 Å². The molecule has 0 spiro atoms. The molecule has 1 saturated heterocycles. The predicted molar refractivity (Wildman–Crippen MR) is 153 cm³/mol. The smallest absolute Gasteiger partial charge is 0.245 e. The molecule has 2 aliphatic rings. The summed E-state index contributed by atoms with van der Waals surface area (Å²) in [5.74, 6) is -0.727. The Kier molecular flexibility index (Phi) is 9.79. The fourth-order valence-corrected chi connectivity index (χ4v) is 5.73. The molecule has 3 amide bonds. The van der Waals surface area contributed by atoms with E-state index in [-0.39, 0.29) is 11.8 Å². The van der Waals surface area contributed by atoms with E-state index >= 15 is 0 Å². The van der Waals surface area contributed by atoms with Gasteiger partial charge in [-0.25, -0.2) is 0 Å². The molecule has 0 radical (unpaired) electrons. The summed E-state index contributed by atoms with van der Waals surface area (Å²) in [5, 5.41) is 3.04. The van der Waals surface area contributed by atoms with Gasteiger partial charge in [0.1, 0.15) is 11.8 Å². The number of carbonyl (C=O) groups excluding carboxylic acids is 3. The topological polar surface area (TPSA) is 102 Å². The molecule has 2 fully saturated rings. The van der Waals surface area contributed by atoms with E-state index in [9.17, 15) is 14.4 Å². The average Bonchev–Trinajstić information content (AvgIpc) is 3.08. The lowest BCUT2D eigenvalue weighted by Gasteiger charge is -2.33. The molecule has 7 heteroatoms. The van der Waals surface area contributed by atoms with Gasteiger partial charge in [-0.3, -0.25) is 14.4 Å². The molecule has 1 heterocycles. The molecule has 7 nitrogen and oxygen atoms in total. The van der Waals surface area contributed by atoms with Gasteiger partial charge in [-0.15, -0.1) is 6.58 Å². The first-order valence-corrected chi connectivity index (χ1v) is 14.1. The normalized spacial score (nSPS) is 19.4. The number of nitrogens with one attached hydrogen (secondary N) is 1. The van der Waals surface area contributed by atoms with Crippen molar-refractivity contribution in [3.63, 3.8) is 0 Å². The molecule has 208 valence electrons. The van der Waals surface area contributed by atoms with Crippen molar-refractivity contribution in [2.24, 2.45) is 23.5 Å². The second-order valence-corrected chi connectivity index (χ2v) is 10.9. The van der Waals surface area contributed by atoms with Gasteiger partial charge in [0.15, 0.2) is 0 Å². The third-order valence-corrected chi connectivity index (χ3v) is 8.24. The summed E-state index contributed by atoms with van der Waals surface area (Å²) in [4.78, 5) is 41.3. The Hall–Kier alpha value is -3.61. The molecule has 1 aliphatic heterocycles. The van der Waals surface area contributed by atoms with Crippen molar-refractivity contribution >= 4 is 17.7 Å². The number of primary amides is 1. The zero-order valence-electron chi connectivity index (χ0n) is 22.9. The van der Waals surface area contributed by atoms with Crippen LogP contribution in [0.25, 0.3) is 11.1 Å². The zero-order valence-corrected chi connectivity index (χ0v) is 22.9. The monoisotopic (exact) mass is 531 g/mol. The number of methoxy groups -OCH3 is 1. The minimum atomic E-state index is -0.610. The summed E-state index contributed by atoms with van der Waals surface area (Å²) < 4.78 is 5.27. The van der Waals surface area contributed by atoms with E-state index in [1.807, 2.05) is 41.3 Å². The van der Waals surface area contributed by atoms with Crippen LogP contribution in [0.3, 0.4) is 0 Å². The number of rotatable bonds is 12. The Morgan fingerprint density at radius 3 is 2.49 bits per heavy atom. The van der Waals surface area contributed by atoms with Crippen LogP contribution >= 0.6 is 0 Å². The highest BCUT2D eigenvalue weighted by atomic mass is 16.5. The highest BCUT2D eigenvalue weighted by Gasteiger charge is 2.37. The highest BCUT2D eigenvalue weighted by molar-refractivity contribution is 5.91. The van der Waals surface area contributed by atoms with Gasteiger partial charge in [0.05, 0.1) is 18.9 Å². The van der Waals surface area contributed by atoms with Gasteiger partial charge in [0, 0.05) is 13.1 Å². The molecular formula is C32H41N3O4. The Labute approximate surface area is 231 Å². The van der Waals surface area contributed by atoms with Gasteiger partial charge in [-0.05, 0) is 72.9 Å². The van der Waals surface area contributed by atoms with Crippen LogP contribution < -0.4 is 15.8 Å². The van der Waals surface area contributed by atoms with Gasteiger partial charge >= 0.3 is 0 Å². The molecule has 3 N–H and O–H groups in total. The molecule has 2 aromatic rings. The van der Waals surface area contributed by atoms with Crippen molar-refractivity contribution in [1.29, 1.82) is 0 Å². The van der Waals surface area contributed by atoms with Crippen LogP contribution in [0.1, 0.15) is 56.9 Å². The second-order valence-electron chi connectivity index (χ2n) is 10.9. The van der Waals surface area contributed by atoms with Crippen LogP contribution in [0.15, 0.2) is 61.2 Å². The SMILES string of the molecule is C=CC[C@H](C(N)=O)[C@@H](CC1CCC1)C(=O)N[C@H]1CCCCN(Cc2cccc(-c3ccc(OC)cc3)c2)C1=O. The molecular weight excluding hydrogens is 490 g/mol. The molecule has 1 saturated carbocycles. The minimum Gasteiger partial charge on any atom is -0.497 e. The quantitative estimate of drug-likeness (QED) is 0.383. The molecule has 0 aromatic heterocycles. The highest BCUT2D eigenvalue weighted by Crippen LogP contribution is 2.36. The number of likely N-dealkylation sites (tertiary alicyclic amines) is 1. The summed E-state index contributed by atoms with van der Waals surface area (Å²) >= 11 is 0. The molecule has 0 bridgehead atoms. The largest absolute Gasteiger partial charge is 0.497 e. The minimum absolute atomic E-state index is 0.0718. The summed E-state index contributed by atoms with van der Waals surface area (Å²) in [6.45, 7) is 4.87. The first-order chi connectivity index (χ1) is 18.9. The third kappa shape index (κ3) is 7.28. The molecule has 1 aliphatic carbocycles. The fourth-order valence-electron chi connectivity index (χ4n) is 5.73. The van der Waals surface area contributed by atoms with Crippen molar-refractivity contribution in [2.45, 2.75) is 64.0 Å². The van der Waals surface area contributed by atoms with E-state index in [1.165, 1.54) is 0 Å². The molecule has 39 heavy (non-hydrogen) atoms. The lowest BCUT2D eigenvalue weighted by molar-refractivity contribution is -0.139. The number of nitrogens with two attached hydrogens (primary N) is 1. The van der Waals surface area contributed by atoms with Gasteiger partial charge in [0.25, 0.3) is 0 Å². The van der Waals surface area contributed by atoms with E-state index in [2.05, 4.69) is 24.0 Å². The van der Waals surface area contributed by atoms with Gasteiger partial charge in [-0.1, -0.05) is 55.7 Å². The van der Waals surface area contributed by atoms with E-state index in [4.69, 9.17) is 10.5 Å². The van der Waals surface area contributed by atoms with Crippen LogP contribution in [0.4, 0.5) is 0 Å². The number of amides is 3. The first kappa shape index (κ1) is 28.4. The standard InChI is InChI=1S/C32H41N3O4/c1-3-8-27(30(33)36)28(20-22-9-6-10-22)31(37)34-29-13-4-5-18-35(32(29)38)21-23-11-7-12-25(19-23)24-14-16-26(39-2)17-15-24/h3,7,11-12,14-17,19,22,27-29H,1,4-6,8-10,13,18,20-21H2,2H3,(H2,33,36)(H,34,37)/t27-,28+,29-/m0/s1. The molecule has 4 rings (SSSR count). The number of nitrogens with zero attached hydrogens (tertiary/aromatic N) is 1. The summed E-state index contributed by atoms with van der Waals surface area (Å²) in [6, 6.07) is 15.5. The van der Waals surface area contributed by atoms with E-state index < -0.39 is 23.8 Å². The van der Waals surface area contributed by atoms with E-state index in [0.29, 0.717) is 38.3 Å². The average molecular weight is 532 g/mol. The maximum absolute atomic E-state index is 13.6. The van der Waals surface area contributed by atoms with Crippen molar-refractivity contribution in [3.8, 4) is 16.9 Å². The van der Waals surface area contributed by atoms with Gasteiger partial charge in [-0.2, -0.15) is 0 Å². The summed E-state index contributed by atoms with van der Waals surface area (Å²) in [7, 11) is 1.65. The Morgan fingerprint density at radius 2 is 1.85 bits per heavy atom. The lowest BCUT2D eigenvalue weighted by Crippen LogP contribution is -2.51. The molecule has 2 aromatic carbocycles. The molecule has 3 atom stereocenters. The fraction of sp³-hybridized carbons (Fsp3) is 0.469. The summed E-state index contributed by atoms with van der Waals surface area (Å²) in [5.41, 5.74) is 8.89. The van der Waals surface area contributed by atoms with Crippen LogP contribution in [-0.2, 0) is 20.9 Å². The Morgan fingerprint density at radius 1 is 1.08 bits per heavy atom. The zero-order chi connectivity index (χ0) is 27.8. The van der Waals surface area contributed by atoms with Crippen LogP contribution in [0.2, 0.25) is 0 Å². The van der Waals surface area contributed by atoms with E-state index in [0.717, 1.165) is 54.5 Å². The maximum atomic E-state index is 13.6. The second kappa shape index (κ2) is 13.5. The van der Waals surface area contributed by atoms with Crippen molar-refractivity contribution < 1.29 is 19.1 Å². The Bertz CT molecular complexity index is 1160. The van der Waals surface area contributed by atoms with Crippen molar-refractivity contribution in [2.75, 3.05) is 13.7 Å². The predicted octanol–water partition coefficient (Wildman–Crippen LogP) is 4.84. The number of benzene rings is 2. The Balaban J connectivity index is 1.46. The maximum Gasteiger partial charge on any atom is 0.245 e. The van der Waals surface area contributed by atoms with E-state index in [1.54, 1.807) is 13.2 Å². The van der Waals surface area contributed by atoms with Gasteiger partial charge < -0.3 is 20.7 Å². The number of carbonyl (C=O) groups is 3. The van der Waals surface area contributed by atoms with Crippen LogP contribution in [0, 0.1) is 17.8 Å². The lowest BCUT2D eigenvalue weighted by atomic mass is 9.74. The first-order valence-electron chi connectivity index (χ1n) is 14.1. The van der Waals surface area contributed by atoms with Crippen LogP contribution in [0.5, 0.6) is 5.75 Å². The number of hydrogen-bond donors (Lipinski definition) is 2. The van der Waals surface area contributed by atoms with Gasteiger partial charge in [0.2, 0.25) is 17.7 Å². The molecule has 0 unspecified atom stereocenters. The summed E-state index contributed by atoms with van der Waals surface area (Å²) in [6.07, 6.45) is 8.22. The van der Waals surface area contributed by atoms with Crippen molar-refractivity contribution in [3.05, 3.63) is 66.7 Å².